The highest BCUT2D eigenvalue weighted by atomic mass is 16.4. The number of nitrogens with zero attached hydrogens (tertiary/aromatic N) is 1. The van der Waals surface area contributed by atoms with Gasteiger partial charge in [-0.2, -0.15) is 0 Å². The number of carbonyl (C=O) groups excluding carboxylic acids is 1. The Labute approximate surface area is 128 Å². The van der Waals surface area contributed by atoms with E-state index in [2.05, 4.69) is 19.2 Å². The summed E-state index contributed by atoms with van der Waals surface area (Å²) in [6.45, 7) is 6.31. The largest absolute Gasteiger partial charge is 0.481 e. The van der Waals surface area contributed by atoms with E-state index in [9.17, 15) is 9.59 Å². The molecular weight excluding hydrogens is 268 g/mol. The van der Waals surface area contributed by atoms with E-state index in [1.165, 1.54) is 24.2 Å². The molecule has 1 saturated carbocycles. The van der Waals surface area contributed by atoms with Crippen LogP contribution in [0.3, 0.4) is 0 Å². The van der Waals surface area contributed by atoms with Crippen molar-refractivity contribution in [1.82, 2.24) is 10.2 Å². The van der Waals surface area contributed by atoms with E-state index in [4.69, 9.17) is 5.11 Å². The third-order valence-electron chi connectivity index (χ3n) is 4.40. The van der Waals surface area contributed by atoms with Crippen LogP contribution in [0.15, 0.2) is 0 Å². The van der Waals surface area contributed by atoms with Gasteiger partial charge < -0.3 is 15.3 Å². The third kappa shape index (κ3) is 5.94. The summed E-state index contributed by atoms with van der Waals surface area (Å²) in [4.78, 5) is 24.5. The second-order valence-corrected chi connectivity index (χ2v) is 6.84. The lowest BCUT2D eigenvalue weighted by molar-refractivity contribution is -0.141. The van der Waals surface area contributed by atoms with E-state index < -0.39 is 11.9 Å². The number of carboxylic acids is 1. The van der Waals surface area contributed by atoms with Gasteiger partial charge in [0.25, 0.3) is 0 Å². The topological polar surface area (TPSA) is 69.6 Å². The van der Waals surface area contributed by atoms with Crippen LogP contribution in [0.5, 0.6) is 0 Å². The van der Waals surface area contributed by atoms with Crippen LogP contribution in [-0.4, -0.2) is 41.6 Å². The van der Waals surface area contributed by atoms with Crippen molar-refractivity contribution in [3.8, 4) is 0 Å². The van der Waals surface area contributed by atoms with E-state index in [1.54, 1.807) is 14.0 Å². The van der Waals surface area contributed by atoms with Crippen LogP contribution < -0.4 is 5.32 Å². The van der Waals surface area contributed by atoms with Crippen molar-refractivity contribution in [2.45, 2.75) is 58.9 Å². The maximum Gasteiger partial charge on any atom is 0.317 e. The SMILES string of the molecule is CC(C)CCC1CCCC1NC(=O)N(C)CC(C)C(=O)O. The molecule has 0 spiro atoms. The van der Waals surface area contributed by atoms with Crippen LogP contribution in [0, 0.1) is 17.8 Å². The maximum absolute atomic E-state index is 12.2. The predicted octanol–water partition coefficient (Wildman–Crippen LogP) is 2.95. The molecule has 3 atom stereocenters. The van der Waals surface area contributed by atoms with E-state index in [0.717, 1.165) is 12.8 Å². The first kappa shape index (κ1) is 17.8. The molecule has 3 unspecified atom stereocenters. The van der Waals surface area contributed by atoms with Crippen molar-refractivity contribution in [2.75, 3.05) is 13.6 Å². The molecule has 1 aliphatic carbocycles. The average molecular weight is 298 g/mol. The normalized spacial score (nSPS) is 23.1. The molecule has 0 aliphatic heterocycles. The quantitative estimate of drug-likeness (QED) is 0.759. The molecule has 2 amide bonds. The minimum Gasteiger partial charge on any atom is -0.481 e. The molecule has 0 aromatic carbocycles. The smallest absolute Gasteiger partial charge is 0.317 e. The second-order valence-electron chi connectivity index (χ2n) is 6.84. The molecule has 21 heavy (non-hydrogen) atoms. The Bertz CT molecular complexity index is 357. The highest BCUT2D eigenvalue weighted by Gasteiger charge is 2.29. The van der Waals surface area contributed by atoms with Gasteiger partial charge in [-0.15, -0.1) is 0 Å². The Hall–Kier alpha value is -1.26. The number of amides is 2. The summed E-state index contributed by atoms with van der Waals surface area (Å²) in [5.41, 5.74) is 0. The van der Waals surface area contributed by atoms with Crippen LogP contribution in [-0.2, 0) is 4.79 Å². The maximum atomic E-state index is 12.2. The lowest BCUT2D eigenvalue weighted by Crippen LogP contribution is -2.46. The number of aliphatic carboxylic acids is 1. The van der Waals surface area contributed by atoms with Crippen molar-refractivity contribution in [3.05, 3.63) is 0 Å². The van der Waals surface area contributed by atoms with E-state index in [0.29, 0.717) is 11.8 Å². The number of rotatable bonds is 7. The molecule has 5 heteroatoms. The molecule has 0 aromatic rings. The first-order chi connectivity index (χ1) is 9.81. The van der Waals surface area contributed by atoms with Crippen molar-refractivity contribution in [1.29, 1.82) is 0 Å². The molecular formula is C16H30N2O3. The van der Waals surface area contributed by atoms with Gasteiger partial charge in [0.2, 0.25) is 0 Å². The molecule has 1 aliphatic rings. The number of hydrogen-bond acceptors (Lipinski definition) is 2. The summed E-state index contributed by atoms with van der Waals surface area (Å²) in [7, 11) is 1.66. The van der Waals surface area contributed by atoms with E-state index in [-0.39, 0.29) is 18.6 Å². The number of urea groups is 1. The van der Waals surface area contributed by atoms with E-state index in [1.807, 2.05) is 0 Å². The molecule has 0 heterocycles. The van der Waals surface area contributed by atoms with Crippen LogP contribution in [0.2, 0.25) is 0 Å². The summed E-state index contributed by atoms with van der Waals surface area (Å²) in [6, 6.07) is 0.100. The molecule has 0 radical (unpaired) electrons. The fourth-order valence-corrected chi connectivity index (χ4v) is 2.96. The minimum atomic E-state index is -0.870. The van der Waals surface area contributed by atoms with Gasteiger partial charge >= 0.3 is 12.0 Å². The standard InChI is InChI=1S/C16H30N2O3/c1-11(2)8-9-13-6-5-7-14(13)17-16(21)18(4)10-12(3)15(19)20/h11-14H,5-10H2,1-4H3,(H,17,21)(H,19,20). The van der Waals surface area contributed by atoms with Gasteiger partial charge in [0.1, 0.15) is 0 Å². The second kappa shape index (κ2) is 8.25. The van der Waals surface area contributed by atoms with Gasteiger partial charge in [0.15, 0.2) is 0 Å². The Morgan fingerprint density at radius 1 is 1.29 bits per heavy atom. The number of nitrogens with one attached hydrogen (secondary N) is 1. The van der Waals surface area contributed by atoms with Gasteiger partial charge in [-0.05, 0) is 31.1 Å². The van der Waals surface area contributed by atoms with Gasteiger partial charge in [-0.3, -0.25) is 4.79 Å². The number of hydrogen-bond donors (Lipinski definition) is 2. The fourth-order valence-electron chi connectivity index (χ4n) is 2.96. The summed E-state index contributed by atoms with van der Waals surface area (Å²) in [6.07, 6.45) is 5.76. The van der Waals surface area contributed by atoms with Gasteiger partial charge in [-0.25, -0.2) is 4.79 Å². The molecule has 1 rings (SSSR count). The summed E-state index contributed by atoms with van der Waals surface area (Å²) in [5.74, 6) is -0.144. The Morgan fingerprint density at radius 3 is 2.52 bits per heavy atom. The first-order valence-electron chi connectivity index (χ1n) is 8.05. The molecule has 1 fully saturated rings. The lowest BCUT2D eigenvalue weighted by Gasteiger charge is -2.26. The Kier molecular flexibility index (Phi) is 6.99. The van der Waals surface area contributed by atoms with Crippen molar-refractivity contribution < 1.29 is 14.7 Å². The van der Waals surface area contributed by atoms with Crippen LogP contribution in [0.4, 0.5) is 4.79 Å². The van der Waals surface area contributed by atoms with Crippen molar-refractivity contribution in [2.24, 2.45) is 17.8 Å². The number of carbonyl (C=O) groups is 2. The number of carboxylic acid groups (broad SMARTS) is 1. The molecule has 2 N–H and O–H groups in total. The van der Waals surface area contributed by atoms with Crippen molar-refractivity contribution in [3.63, 3.8) is 0 Å². The molecule has 0 bridgehead atoms. The fraction of sp³-hybridized carbons (Fsp3) is 0.875. The Morgan fingerprint density at radius 2 is 1.95 bits per heavy atom. The monoisotopic (exact) mass is 298 g/mol. The van der Waals surface area contributed by atoms with E-state index >= 15 is 0 Å². The third-order valence-corrected chi connectivity index (χ3v) is 4.40. The summed E-state index contributed by atoms with van der Waals surface area (Å²) < 4.78 is 0. The first-order valence-corrected chi connectivity index (χ1v) is 8.05. The lowest BCUT2D eigenvalue weighted by atomic mass is 9.94. The molecule has 122 valence electrons. The summed E-state index contributed by atoms with van der Waals surface area (Å²) >= 11 is 0. The zero-order valence-corrected chi connectivity index (χ0v) is 13.8. The highest BCUT2D eigenvalue weighted by Crippen LogP contribution is 2.30. The van der Waals surface area contributed by atoms with Crippen LogP contribution in [0.25, 0.3) is 0 Å². The predicted molar refractivity (Wildman–Crippen MR) is 83.2 cm³/mol. The highest BCUT2D eigenvalue weighted by molar-refractivity contribution is 5.76. The zero-order valence-electron chi connectivity index (χ0n) is 13.8. The van der Waals surface area contributed by atoms with Crippen molar-refractivity contribution >= 4 is 12.0 Å². The van der Waals surface area contributed by atoms with Gasteiger partial charge in [0.05, 0.1) is 5.92 Å². The summed E-state index contributed by atoms with van der Waals surface area (Å²) in [5, 5.41) is 12.0. The molecule has 0 saturated heterocycles. The molecule has 0 aromatic heterocycles. The van der Waals surface area contributed by atoms with Crippen LogP contribution in [0.1, 0.15) is 52.9 Å². The molecule has 5 nitrogen and oxygen atoms in total. The average Bonchev–Trinajstić information content (AvgIpc) is 2.83. The Balaban J connectivity index is 2.43. The zero-order chi connectivity index (χ0) is 16.0. The minimum absolute atomic E-state index is 0.149. The van der Waals surface area contributed by atoms with Gasteiger partial charge in [-0.1, -0.05) is 33.6 Å². The van der Waals surface area contributed by atoms with Gasteiger partial charge in [0, 0.05) is 19.6 Å². The van der Waals surface area contributed by atoms with Crippen LogP contribution >= 0.6 is 0 Å².